The van der Waals surface area contributed by atoms with Crippen molar-refractivity contribution in [3.05, 3.63) is 60.7 Å². The summed E-state index contributed by atoms with van der Waals surface area (Å²) in [5, 5.41) is 0. The van der Waals surface area contributed by atoms with Gasteiger partial charge < -0.3 is 0 Å². The van der Waals surface area contributed by atoms with Crippen LogP contribution in [0.25, 0.3) is 0 Å². The highest BCUT2D eigenvalue weighted by atomic mass is 32.3. The Bertz CT molecular complexity index is 1220. The SMILES string of the molecule is CC(S(=O)(=O)CCCCS(=O)(=O)C(C)S(=O)(=O)c1ccccc1)S(=O)(=O)c1ccccc1. The van der Waals surface area contributed by atoms with E-state index in [4.69, 9.17) is 0 Å². The molecule has 8 nitrogen and oxygen atoms in total. The number of benzene rings is 2. The van der Waals surface area contributed by atoms with Gasteiger partial charge in [-0.1, -0.05) is 36.4 Å². The predicted octanol–water partition coefficient (Wildman–Crippen LogP) is 2.24. The highest BCUT2D eigenvalue weighted by Gasteiger charge is 2.36. The quantitative estimate of drug-likeness (QED) is 0.410. The minimum atomic E-state index is -4.11. The van der Waals surface area contributed by atoms with Gasteiger partial charge in [0.05, 0.1) is 21.3 Å². The molecule has 178 valence electrons. The van der Waals surface area contributed by atoms with Gasteiger partial charge in [0.2, 0.25) is 0 Å². The van der Waals surface area contributed by atoms with Crippen molar-refractivity contribution in [2.75, 3.05) is 11.5 Å². The summed E-state index contributed by atoms with van der Waals surface area (Å²) in [6, 6.07) is 14.4. The van der Waals surface area contributed by atoms with Crippen molar-refractivity contribution < 1.29 is 33.7 Å². The zero-order valence-electron chi connectivity index (χ0n) is 17.7. The third-order valence-electron chi connectivity index (χ3n) is 5.14. The molecule has 2 aromatic rings. The van der Waals surface area contributed by atoms with Crippen molar-refractivity contribution >= 4 is 39.3 Å². The van der Waals surface area contributed by atoms with Gasteiger partial charge in [-0.3, -0.25) is 0 Å². The lowest BCUT2D eigenvalue weighted by molar-refractivity contribution is 0.569. The van der Waals surface area contributed by atoms with E-state index in [0.29, 0.717) is 0 Å². The number of hydrogen-bond acceptors (Lipinski definition) is 8. The fourth-order valence-corrected chi connectivity index (χ4v) is 11.0. The van der Waals surface area contributed by atoms with Crippen LogP contribution in [-0.2, 0) is 39.3 Å². The molecule has 0 aliphatic rings. The first kappa shape index (κ1) is 26.5. The fraction of sp³-hybridized carbons (Fsp3) is 0.400. The summed E-state index contributed by atoms with van der Waals surface area (Å²) < 4.78 is 97.0. The van der Waals surface area contributed by atoms with Crippen molar-refractivity contribution in [3.8, 4) is 0 Å². The summed E-state index contributed by atoms with van der Waals surface area (Å²) >= 11 is 0. The van der Waals surface area contributed by atoms with Gasteiger partial charge in [0.15, 0.2) is 48.5 Å². The third kappa shape index (κ3) is 5.97. The average molecular weight is 523 g/mol. The second kappa shape index (κ2) is 10.0. The van der Waals surface area contributed by atoms with E-state index in [2.05, 4.69) is 0 Å². The van der Waals surface area contributed by atoms with Crippen LogP contribution in [0.2, 0.25) is 0 Å². The first-order chi connectivity index (χ1) is 14.7. The zero-order valence-corrected chi connectivity index (χ0v) is 20.9. The van der Waals surface area contributed by atoms with Crippen molar-refractivity contribution in [1.82, 2.24) is 0 Å². The van der Waals surface area contributed by atoms with Crippen LogP contribution in [0.3, 0.4) is 0 Å². The Labute approximate surface area is 190 Å². The lowest BCUT2D eigenvalue weighted by Gasteiger charge is -2.15. The van der Waals surface area contributed by atoms with E-state index >= 15 is 0 Å². The van der Waals surface area contributed by atoms with E-state index in [1.165, 1.54) is 48.5 Å². The van der Waals surface area contributed by atoms with Gasteiger partial charge in [-0.05, 0) is 51.0 Å². The van der Waals surface area contributed by atoms with Gasteiger partial charge in [-0.25, -0.2) is 33.7 Å². The molecule has 0 saturated carbocycles. The first-order valence-corrected chi connectivity index (χ1v) is 16.3. The molecule has 2 aromatic carbocycles. The molecule has 0 aliphatic carbocycles. The molecule has 12 heteroatoms. The van der Waals surface area contributed by atoms with Crippen LogP contribution in [0.1, 0.15) is 26.7 Å². The molecular formula is C20H26O8S4. The minimum Gasteiger partial charge on any atom is -0.227 e. The van der Waals surface area contributed by atoms with E-state index in [0.717, 1.165) is 13.8 Å². The van der Waals surface area contributed by atoms with E-state index in [1.54, 1.807) is 12.1 Å². The van der Waals surface area contributed by atoms with Crippen LogP contribution in [-0.4, -0.2) is 54.3 Å². The number of hydrogen-bond donors (Lipinski definition) is 0. The molecule has 2 rings (SSSR count). The van der Waals surface area contributed by atoms with Crippen LogP contribution in [0.4, 0.5) is 0 Å². The summed E-state index contributed by atoms with van der Waals surface area (Å²) in [6.45, 7) is 2.17. The maximum absolute atomic E-state index is 12.6. The first-order valence-electron chi connectivity index (χ1n) is 9.74. The van der Waals surface area contributed by atoms with Crippen LogP contribution in [0.15, 0.2) is 70.5 Å². The van der Waals surface area contributed by atoms with E-state index in [1.807, 2.05) is 0 Å². The highest BCUT2D eigenvalue weighted by molar-refractivity contribution is 8.09. The van der Waals surface area contributed by atoms with Crippen LogP contribution in [0, 0.1) is 0 Å². The Morgan fingerprint density at radius 1 is 0.531 bits per heavy atom. The van der Waals surface area contributed by atoms with Crippen LogP contribution in [0.5, 0.6) is 0 Å². The molecule has 0 N–H and O–H groups in total. The normalized spacial score (nSPS) is 15.2. The molecular weight excluding hydrogens is 496 g/mol. The van der Waals surface area contributed by atoms with E-state index < -0.39 is 60.0 Å². The molecule has 0 heterocycles. The second-order valence-corrected chi connectivity index (χ2v) is 17.3. The molecule has 0 amide bonds. The third-order valence-corrected chi connectivity index (χ3v) is 15.8. The molecule has 0 spiro atoms. The second-order valence-electron chi connectivity index (χ2n) is 7.29. The fourth-order valence-electron chi connectivity index (χ4n) is 2.93. The Balaban J connectivity index is 2.02. The summed E-state index contributed by atoms with van der Waals surface area (Å²) in [4.78, 5) is -0.225. The lowest BCUT2D eigenvalue weighted by Crippen LogP contribution is -2.31. The molecule has 2 atom stereocenters. The van der Waals surface area contributed by atoms with E-state index in [9.17, 15) is 33.7 Å². The smallest absolute Gasteiger partial charge is 0.195 e. The van der Waals surface area contributed by atoms with E-state index in [-0.39, 0.29) is 22.6 Å². The standard InChI is InChI=1S/C20H26O8S4/c1-17(31(25,26)19-11-5-3-6-12-19)29(21,22)15-9-10-16-30(23,24)18(2)32(27,28)20-13-7-4-8-14-20/h3-8,11-14,17-18H,9-10,15-16H2,1-2H3. The van der Waals surface area contributed by atoms with Crippen molar-refractivity contribution in [1.29, 1.82) is 0 Å². The van der Waals surface area contributed by atoms with Gasteiger partial charge in [0.1, 0.15) is 0 Å². The number of unbranched alkanes of at least 4 members (excludes halogenated alkanes) is 1. The van der Waals surface area contributed by atoms with Crippen molar-refractivity contribution in [2.24, 2.45) is 0 Å². The molecule has 0 aliphatic heterocycles. The van der Waals surface area contributed by atoms with Crippen LogP contribution < -0.4 is 0 Å². The topological polar surface area (TPSA) is 137 Å². The average Bonchev–Trinajstić information content (AvgIpc) is 2.76. The zero-order chi connectivity index (χ0) is 24.2. The Morgan fingerprint density at radius 3 is 1.09 bits per heavy atom. The molecule has 0 bridgehead atoms. The minimum absolute atomic E-state index is 0.112. The highest BCUT2D eigenvalue weighted by Crippen LogP contribution is 2.23. The Hall–Kier alpha value is -1.76. The molecule has 0 fully saturated rings. The monoisotopic (exact) mass is 522 g/mol. The Kier molecular flexibility index (Phi) is 8.30. The maximum atomic E-state index is 12.6. The largest absolute Gasteiger partial charge is 0.227 e. The maximum Gasteiger partial charge on any atom is 0.195 e. The summed E-state index contributed by atoms with van der Waals surface area (Å²) in [5.74, 6) is -1.06. The molecule has 0 saturated heterocycles. The van der Waals surface area contributed by atoms with Gasteiger partial charge in [-0.2, -0.15) is 0 Å². The summed E-state index contributed by atoms with van der Waals surface area (Å²) in [5.41, 5.74) is 0. The summed E-state index contributed by atoms with van der Waals surface area (Å²) in [7, 11) is -16.4. The van der Waals surface area contributed by atoms with Gasteiger partial charge in [0, 0.05) is 0 Å². The molecule has 0 aromatic heterocycles. The van der Waals surface area contributed by atoms with Crippen LogP contribution >= 0.6 is 0 Å². The van der Waals surface area contributed by atoms with Gasteiger partial charge in [-0.15, -0.1) is 0 Å². The van der Waals surface area contributed by atoms with Gasteiger partial charge in [0.25, 0.3) is 0 Å². The van der Waals surface area contributed by atoms with Crippen molar-refractivity contribution in [2.45, 2.75) is 45.6 Å². The number of sulfone groups is 4. The lowest BCUT2D eigenvalue weighted by atomic mass is 10.4. The van der Waals surface area contributed by atoms with Crippen molar-refractivity contribution in [3.63, 3.8) is 0 Å². The van der Waals surface area contributed by atoms with Gasteiger partial charge >= 0.3 is 0 Å². The Morgan fingerprint density at radius 2 is 0.812 bits per heavy atom. The molecule has 0 radical (unpaired) electrons. The molecule has 32 heavy (non-hydrogen) atoms. The number of rotatable bonds is 11. The molecule has 2 unspecified atom stereocenters. The predicted molar refractivity (Wildman–Crippen MR) is 123 cm³/mol. The summed E-state index contributed by atoms with van der Waals surface area (Å²) in [6.07, 6.45) is -0.233.